The Bertz CT molecular complexity index is 1430. The number of rotatable bonds is 11. The van der Waals surface area contributed by atoms with Gasteiger partial charge in [0, 0.05) is 35.6 Å². The molecule has 0 bridgehead atoms. The molecule has 0 radical (unpaired) electrons. The summed E-state index contributed by atoms with van der Waals surface area (Å²) in [7, 11) is 1.46. The molecule has 0 spiro atoms. The molecule has 0 unspecified atom stereocenters. The Morgan fingerprint density at radius 1 is 1.16 bits per heavy atom. The lowest BCUT2D eigenvalue weighted by molar-refractivity contribution is -0.149. The Kier molecular flexibility index (Phi) is 8.27. The number of hydrogen-bond donors (Lipinski definition) is 3. The fourth-order valence-electron chi connectivity index (χ4n) is 4.27. The summed E-state index contributed by atoms with van der Waals surface area (Å²) in [5, 5.41) is 20.9. The van der Waals surface area contributed by atoms with Crippen molar-refractivity contribution in [2.75, 3.05) is 13.6 Å². The number of pyridine rings is 1. The van der Waals surface area contributed by atoms with Gasteiger partial charge in [0.05, 0.1) is 23.8 Å². The maximum atomic E-state index is 14.9. The zero-order chi connectivity index (χ0) is 27.2. The smallest absolute Gasteiger partial charge is 0.326 e. The van der Waals surface area contributed by atoms with Gasteiger partial charge < -0.3 is 15.7 Å². The Morgan fingerprint density at radius 2 is 1.97 bits per heavy atom. The van der Waals surface area contributed by atoms with Gasteiger partial charge in [0.2, 0.25) is 5.91 Å². The Labute approximate surface area is 219 Å². The lowest BCUT2D eigenvalue weighted by Gasteiger charge is -2.24. The van der Waals surface area contributed by atoms with Gasteiger partial charge in [-0.15, -0.1) is 0 Å². The van der Waals surface area contributed by atoms with E-state index in [9.17, 15) is 19.1 Å². The number of halogens is 1. The third kappa shape index (κ3) is 5.94. The molecule has 0 saturated heterocycles. The van der Waals surface area contributed by atoms with Crippen LogP contribution in [0.1, 0.15) is 25.0 Å². The summed E-state index contributed by atoms with van der Waals surface area (Å²) in [5.41, 5.74) is 10.1. The van der Waals surface area contributed by atoms with Crippen LogP contribution in [0.2, 0.25) is 0 Å². The Balaban J connectivity index is 1.54. The van der Waals surface area contributed by atoms with Gasteiger partial charge in [-0.3, -0.25) is 19.6 Å². The van der Waals surface area contributed by atoms with E-state index in [1.54, 1.807) is 24.5 Å². The second-order valence-electron chi connectivity index (χ2n) is 9.09. The number of nitrogens with two attached hydrogens (primary N) is 1. The minimum atomic E-state index is -1.07. The highest BCUT2D eigenvalue weighted by molar-refractivity contribution is 5.84. The second-order valence-corrected chi connectivity index (χ2v) is 9.09. The number of aliphatic carboxylic acids is 1. The molecule has 3 aromatic heterocycles. The summed E-state index contributed by atoms with van der Waals surface area (Å²) < 4.78 is 16.3. The number of benzene rings is 1. The molecule has 1 amide bonds. The van der Waals surface area contributed by atoms with Crippen LogP contribution < -0.4 is 5.73 Å². The number of nitrogens with one attached hydrogen (secondary N) is 1. The van der Waals surface area contributed by atoms with Crippen molar-refractivity contribution in [1.82, 2.24) is 29.9 Å². The van der Waals surface area contributed by atoms with Gasteiger partial charge in [-0.1, -0.05) is 12.1 Å². The zero-order valence-corrected chi connectivity index (χ0v) is 21.3. The van der Waals surface area contributed by atoms with E-state index in [-0.39, 0.29) is 6.54 Å². The van der Waals surface area contributed by atoms with Crippen molar-refractivity contribution in [2.24, 2.45) is 5.73 Å². The van der Waals surface area contributed by atoms with Crippen LogP contribution in [0.25, 0.3) is 33.6 Å². The molecule has 1 aromatic carbocycles. The average Bonchev–Trinajstić information content (AvgIpc) is 3.56. The monoisotopic (exact) mass is 519 g/mol. The second kappa shape index (κ2) is 11.8. The van der Waals surface area contributed by atoms with Gasteiger partial charge in [0.15, 0.2) is 0 Å². The molecule has 11 heteroatoms. The quantitative estimate of drug-likeness (QED) is 0.257. The van der Waals surface area contributed by atoms with Crippen molar-refractivity contribution in [3.05, 3.63) is 66.5 Å². The SMILES string of the molecule is Cc1cccc(-c2[nH]ncc2-c2ccc(F)c(-c3cnn(CC(=O)N(C)[C@@H](CCCCN)C(=O)O)c3)c2)n1. The highest BCUT2D eigenvalue weighted by atomic mass is 19.1. The molecule has 10 nitrogen and oxygen atoms in total. The first-order valence-corrected chi connectivity index (χ1v) is 12.3. The number of likely N-dealkylation sites (N-methyl/N-ethyl adjacent to an activating group) is 1. The fraction of sp³-hybridized carbons (Fsp3) is 0.296. The third-order valence-electron chi connectivity index (χ3n) is 6.38. The van der Waals surface area contributed by atoms with Crippen LogP contribution in [0.15, 0.2) is 55.0 Å². The summed E-state index contributed by atoms with van der Waals surface area (Å²) in [6.45, 7) is 2.19. The first kappa shape index (κ1) is 26.7. The van der Waals surface area contributed by atoms with Crippen molar-refractivity contribution >= 4 is 11.9 Å². The van der Waals surface area contributed by atoms with E-state index in [1.807, 2.05) is 25.1 Å². The lowest BCUT2D eigenvalue weighted by atomic mass is 9.99. The fourth-order valence-corrected chi connectivity index (χ4v) is 4.27. The van der Waals surface area contributed by atoms with Crippen molar-refractivity contribution in [3.8, 4) is 33.6 Å². The minimum absolute atomic E-state index is 0.177. The predicted octanol–water partition coefficient (Wildman–Crippen LogP) is 3.49. The number of carbonyl (C=O) groups is 2. The molecule has 4 N–H and O–H groups in total. The standard InChI is InChI=1S/C27H30FN7O3/c1-17-6-5-7-23(32-17)26-21(14-30-33-26)18-9-10-22(28)20(12-18)19-13-31-35(15-19)16-25(36)34(2)24(27(37)38)8-3-4-11-29/h5-7,9-10,12-15,24H,3-4,8,11,16,29H2,1-2H3,(H,30,33)(H,37,38)/t24-/m0/s1. The van der Waals surface area contributed by atoms with Gasteiger partial charge in [0.1, 0.15) is 18.4 Å². The molecular weight excluding hydrogens is 489 g/mol. The predicted molar refractivity (Wildman–Crippen MR) is 140 cm³/mol. The molecule has 0 fully saturated rings. The summed E-state index contributed by atoms with van der Waals surface area (Å²) >= 11 is 0. The Hall–Kier alpha value is -4.38. The van der Waals surface area contributed by atoms with E-state index < -0.39 is 23.7 Å². The van der Waals surface area contributed by atoms with E-state index in [0.29, 0.717) is 36.9 Å². The first-order chi connectivity index (χ1) is 18.3. The molecule has 38 heavy (non-hydrogen) atoms. The average molecular weight is 520 g/mol. The van der Waals surface area contributed by atoms with Crippen LogP contribution in [0.3, 0.4) is 0 Å². The van der Waals surface area contributed by atoms with Crippen LogP contribution in [0.5, 0.6) is 0 Å². The minimum Gasteiger partial charge on any atom is -0.480 e. The molecule has 4 aromatic rings. The molecule has 3 heterocycles. The van der Waals surface area contributed by atoms with Crippen LogP contribution in [-0.2, 0) is 16.1 Å². The molecule has 4 rings (SSSR count). The van der Waals surface area contributed by atoms with Gasteiger partial charge in [-0.05, 0) is 62.6 Å². The van der Waals surface area contributed by atoms with Gasteiger partial charge in [-0.2, -0.15) is 10.2 Å². The van der Waals surface area contributed by atoms with Crippen molar-refractivity contribution in [1.29, 1.82) is 0 Å². The first-order valence-electron chi connectivity index (χ1n) is 12.3. The van der Waals surface area contributed by atoms with Crippen LogP contribution in [0, 0.1) is 12.7 Å². The lowest BCUT2D eigenvalue weighted by Crippen LogP contribution is -2.43. The number of unbranched alkanes of at least 4 members (excludes halogenated alkanes) is 1. The van der Waals surface area contributed by atoms with Crippen LogP contribution >= 0.6 is 0 Å². The van der Waals surface area contributed by atoms with Crippen molar-refractivity contribution < 1.29 is 19.1 Å². The largest absolute Gasteiger partial charge is 0.480 e. The number of aromatic nitrogens is 5. The van der Waals surface area contributed by atoms with Gasteiger partial charge >= 0.3 is 5.97 Å². The van der Waals surface area contributed by atoms with E-state index in [2.05, 4.69) is 20.3 Å². The maximum Gasteiger partial charge on any atom is 0.326 e. The zero-order valence-electron chi connectivity index (χ0n) is 21.3. The van der Waals surface area contributed by atoms with E-state index in [4.69, 9.17) is 5.73 Å². The van der Waals surface area contributed by atoms with E-state index in [1.165, 1.54) is 28.9 Å². The number of nitrogens with zero attached hydrogens (tertiary/aromatic N) is 5. The summed E-state index contributed by atoms with van der Waals surface area (Å²) in [5.74, 6) is -1.93. The Morgan fingerprint density at radius 3 is 2.71 bits per heavy atom. The number of amides is 1. The normalized spacial score (nSPS) is 11.9. The van der Waals surface area contributed by atoms with Crippen molar-refractivity contribution in [3.63, 3.8) is 0 Å². The number of hydrogen-bond acceptors (Lipinski definition) is 6. The molecule has 1 atom stereocenters. The molecule has 0 aliphatic carbocycles. The molecular formula is C27H30FN7O3. The maximum absolute atomic E-state index is 14.9. The molecule has 0 saturated carbocycles. The number of aromatic amines is 1. The summed E-state index contributed by atoms with van der Waals surface area (Å²) in [6.07, 6.45) is 6.30. The topological polar surface area (TPSA) is 143 Å². The molecule has 0 aliphatic rings. The highest BCUT2D eigenvalue weighted by Gasteiger charge is 2.26. The molecule has 0 aliphatic heterocycles. The number of carboxylic acids is 1. The number of H-pyrrole nitrogens is 1. The van der Waals surface area contributed by atoms with Gasteiger partial charge in [-0.25, -0.2) is 9.18 Å². The van der Waals surface area contributed by atoms with Crippen LogP contribution in [0.4, 0.5) is 4.39 Å². The number of carboxylic acid groups (broad SMARTS) is 1. The highest BCUT2D eigenvalue weighted by Crippen LogP contribution is 2.33. The van der Waals surface area contributed by atoms with Crippen LogP contribution in [-0.4, -0.2) is 66.5 Å². The third-order valence-corrected chi connectivity index (χ3v) is 6.38. The number of carbonyl (C=O) groups excluding carboxylic acids is 1. The number of aryl methyl sites for hydroxylation is 1. The van der Waals surface area contributed by atoms with E-state index >= 15 is 0 Å². The summed E-state index contributed by atoms with van der Waals surface area (Å²) in [6, 6.07) is 9.48. The summed E-state index contributed by atoms with van der Waals surface area (Å²) in [4.78, 5) is 30.2. The van der Waals surface area contributed by atoms with Gasteiger partial charge in [0.25, 0.3) is 0 Å². The van der Waals surface area contributed by atoms with Crippen molar-refractivity contribution in [2.45, 2.75) is 38.8 Å². The molecule has 198 valence electrons. The van der Waals surface area contributed by atoms with E-state index in [0.717, 1.165) is 28.2 Å².